The minimum atomic E-state index is -0.195. The summed E-state index contributed by atoms with van der Waals surface area (Å²) in [5.41, 5.74) is 2.48. The van der Waals surface area contributed by atoms with E-state index < -0.39 is 0 Å². The summed E-state index contributed by atoms with van der Waals surface area (Å²) in [5, 5.41) is 14.9. The Labute approximate surface area is 101 Å². The van der Waals surface area contributed by atoms with Crippen LogP contribution in [0.5, 0.6) is 0 Å². The van der Waals surface area contributed by atoms with E-state index in [1.165, 1.54) is 11.1 Å². The number of nitrogens with one attached hydrogen (secondary N) is 2. The zero-order valence-electron chi connectivity index (χ0n) is 9.94. The third-order valence-corrected chi connectivity index (χ3v) is 3.06. The highest BCUT2D eigenvalue weighted by molar-refractivity contribution is 5.82. The van der Waals surface area contributed by atoms with E-state index in [-0.39, 0.29) is 24.6 Å². The quantitative estimate of drug-likeness (QED) is 0.700. The highest BCUT2D eigenvalue weighted by atomic mass is 16.3. The number of benzene rings is 1. The van der Waals surface area contributed by atoms with Crippen LogP contribution in [-0.4, -0.2) is 29.7 Å². The first-order chi connectivity index (χ1) is 8.20. The summed E-state index contributed by atoms with van der Waals surface area (Å²) >= 11 is 0. The maximum Gasteiger partial charge on any atom is 0.237 e. The van der Waals surface area contributed by atoms with Gasteiger partial charge >= 0.3 is 0 Å². The Kier molecular flexibility index (Phi) is 3.76. The predicted octanol–water partition coefficient (Wildman–Crippen LogP) is 0.198. The molecule has 3 N–H and O–H groups in total. The van der Waals surface area contributed by atoms with E-state index in [1.807, 2.05) is 12.1 Å². The number of fused-ring (bicyclic) bond motifs is 1. The SMILES string of the molecule is C[C@H](CO)NC(=O)C1Cc2ccccc2CN1. The Hall–Kier alpha value is -1.39. The molecule has 0 saturated heterocycles. The third kappa shape index (κ3) is 2.84. The molecule has 4 nitrogen and oxygen atoms in total. The smallest absolute Gasteiger partial charge is 0.237 e. The van der Waals surface area contributed by atoms with Gasteiger partial charge in [-0.3, -0.25) is 4.79 Å². The van der Waals surface area contributed by atoms with Crippen molar-refractivity contribution in [2.75, 3.05) is 6.61 Å². The van der Waals surface area contributed by atoms with E-state index in [0.29, 0.717) is 6.42 Å². The van der Waals surface area contributed by atoms with Gasteiger partial charge in [-0.25, -0.2) is 0 Å². The number of carbonyl (C=O) groups excluding carboxylic acids is 1. The molecule has 1 unspecified atom stereocenters. The number of amides is 1. The lowest BCUT2D eigenvalue weighted by Gasteiger charge is -2.26. The first-order valence-electron chi connectivity index (χ1n) is 5.92. The molecule has 1 aromatic rings. The van der Waals surface area contributed by atoms with Gasteiger partial charge in [0, 0.05) is 12.6 Å². The van der Waals surface area contributed by atoms with E-state index in [4.69, 9.17) is 5.11 Å². The molecule has 0 radical (unpaired) electrons. The topological polar surface area (TPSA) is 61.4 Å². The zero-order chi connectivity index (χ0) is 12.3. The summed E-state index contributed by atoms with van der Waals surface area (Å²) in [6.07, 6.45) is 0.708. The van der Waals surface area contributed by atoms with E-state index in [1.54, 1.807) is 6.92 Å². The lowest BCUT2D eigenvalue weighted by molar-refractivity contribution is -0.124. The van der Waals surface area contributed by atoms with Crippen molar-refractivity contribution in [2.45, 2.75) is 32.0 Å². The Bertz CT molecular complexity index is 406. The van der Waals surface area contributed by atoms with Gasteiger partial charge in [-0.05, 0) is 24.5 Å². The second-order valence-electron chi connectivity index (χ2n) is 4.50. The van der Waals surface area contributed by atoms with Crippen molar-refractivity contribution in [2.24, 2.45) is 0 Å². The molecular formula is C13H18N2O2. The minimum Gasteiger partial charge on any atom is -0.394 e. The van der Waals surface area contributed by atoms with Gasteiger partial charge in [0.2, 0.25) is 5.91 Å². The van der Waals surface area contributed by atoms with Crippen molar-refractivity contribution in [3.8, 4) is 0 Å². The van der Waals surface area contributed by atoms with Gasteiger partial charge in [-0.1, -0.05) is 24.3 Å². The zero-order valence-corrected chi connectivity index (χ0v) is 9.94. The summed E-state index contributed by atoms with van der Waals surface area (Å²) in [6, 6.07) is 7.75. The first-order valence-corrected chi connectivity index (χ1v) is 5.92. The summed E-state index contributed by atoms with van der Waals surface area (Å²) in [5.74, 6) is -0.0407. The maximum atomic E-state index is 11.9. The van der Waals surface area contributed by atoms with E-state index >= 15 is 0 Å². The van der Waals surface area contributed by atoms with Gasteiger partial charge in [0.15, 0.2) is 0 Å². The fourth-order valence-corrected chi connectivity index (χ4v) is 2.03. The normalized spacial score (nSPS) is 20.5. The van der Waals surface area contributed by atoms with Crippen LogP contribution in [-0.2, 0) is 17.8 Å². The van der Waals surface area contributed by atoms with E-state index in [0.717, 1.165) is 6.54 Å². The monoisotopic (exact) mass is 234 g/mol. The predicted molar refractivity (Wildman–Crippen MR) is 65.5 cm³/mol. The van der Waals surface area contributed by atoms with Crippen molar-refractivity contribution < 1.29 is 9.90 Å². The largest absolute Gasteiger partial charge is 0.394 e. The fourth-order valence-electron chi connectivity index (χ4n) is 2.03. The van der Waals surface area contributed by atoms with Crippen molar-refractivity contribution in [1.29, 1.82) is 0 Å². The van der Waals surface area contributed by atoms with Crippen molar-refractivity contribution in [3.63, 3.8) is 0 Å². The molecule has 2 atom stereocenters. The lowest BCUT2D eigenvalue weighted by atomic mass is 9.95. The van der Waals surface area contributed by atoms with Crippen molar-refractivity contribution in [1.82, 2.24) is 10.6 Å². The minimum absolute atomic E-state index is 0.0327. The molecule has 1 amide bonds. The second kappa shape index (κ2) is 5.29. The molecule has 1 heterocycles. The molecule has 2 rings (SSSR count). The van der Waals surface area contributed by atoms with Crippen LogP contribution in [0.2, 0.25) is 0 Å². The van der Waals surface area contributed by atoms with Crippen molar-refractivity contribution >= 4 is 5.91 Å². The molecule has 1 aliphatic heterocycles. The summed E-state index contributed by atoms with van der Waals surface area (Å²) < 4.78 is 0. The molecule has 0 saturated carbocycles. The molecule has 1 aliphatic rings. The van der Waals surface area contributed by atoms with Crippen LogP contribution in [0.4, 0.5) is 0 Å². The highest BCUT2D eigenvalue weighted by Crippen LogP contribution is 2.16. The van der Waals surface area contributed by atoms with Crippen LogP contribution in [0.25, 0.3) is 0 Å². The van der Waals surface area contributed by atoms with Gasteiger partial charge in [-0.15, -0.1) is 0 Å². The van der Waals surface area contributed by atoms with Gasteiger partial charge in [-0.2, -0.15) is 0 Å². The summed E-state index contributed by atoms with van der Waals surface area (Å²) in [4.78, 5) is 11.9. The van der Waals surface area contributed by atoms with E-state index in [2.05, 4.69) is 22.8 Å². The fraction of sp³-hybridized carbons (Fsp3) is 0.462. The molecule has 1 aromatic carbocycles. The Balaban J connectivity index is 2.00. The van der Waals surface area contributed by atoms with Crippen LogP contribution in [0, 0.1) is 0 Å². The Morgan fingerprint density at radius 1 is 1.53 bits per heavy atom. The lowest BCUT2D eigenvalue weighted by Crippen LogP contribution is -2.50. The number of hydrogen-bond acceptors (Lipinski definition) is 3. The van der Waals surface area contributed by atoms with Gasteiger partial charge in [0.25, 0.3) is 0 Å². The first kappa shape index (κ1) is 12.1. The van der Waals surface area contributed by atoms with Gasteiger partial charge in [0.1, 0.15) is 0 Å². The molecule has 0 spiro atoms. The van der Waals surface area contributed by atoms with Crippen LogP contribution in [0.15, 0.2) is 24.3 Å². The average Bonchev–Trinajstić information content (AvgIpc) is 2.38. The van der Waals surface area contributed by atoms with Crippen molar-refractivity contribution in [3.05, 3.63) is 35.4 Å². The molecule has 0 aromatic heterocycles. The number of aliphatic hydroxyl groups excluding tert-OH is 1. The number of aliphatic hydroxyl groups is 1. The molecular weight excluding hydrogens is 216 g/mol. The molecule has 17 heavy (non-hydrogen) atoms. The second-order valence-corrected chi connectivity index (χ2v) is 4.50. The summed E-state index contributed by atoms with van der Waals surface area (Å²) in [6.45, 7) is 2.48. The van der Waals surface area contributed by atoms with E-state index in [9.17, 15) is 4.79 Å². The third-order valence-electron chi connectivity index (χ3n) is 3.06. The highest BCUT2D eigenvalue weighted by Gasteiger charge is 2.24. The van der Waals surface area contributed by atoms with Gasteiger partial charge in [0.05, 0.1) is 12.6 Å². The molecule has 0 fully saturated rings. The molecule has 0 bridgehead atoms. The molecule has 92 valence electrons. The molecule has 0 aliphatic carbocycles. The maximum absolute atomic E-state index is 11.9. The Morgan fingerprint density at radius 3 is 2.94 bits per heavy atom. The number of carbonyl (C=O) groups is 1. The Morgan fingerprint density at radius 2 is 2.24 bits per heavy atom. The van der Waals surface area contributed by atoms with Gasteiger partial charge < -0.3 is 15.7 Å². The van der Waals surface area contributed by atoms with Crippen LogP contribution >= 0.6 is 0 Å². The van der Waals surface area contributed by atoms with Crippen LogP contribution in [0.1, 0.15) is 18.1 Å². The summed E-state index contributed by atoms with van der Waals surface area (Å²) in [7, 11) is 0. The van der Waals surface area contributed by atoms with Crippen LogP contribution in [0.3, 0.4) is 0 Å². The standard InChI is InChI=1S/C13H18N2O2/c1-9(8-16)15-13(17)12-6-10-4-2-3-5-11(10)7-14-12/h2-5,9,12,14,16H,6-8H2,1H3,(H,15,17)/t9-,12?/m1/s1. The average molecular weight is 234 g/mol. The number of rotatable bonds is 3. The van der Waals surface area contributed by atoms with Crippen LogP contribution < -0.4 is 10.6 Å². The number of hydrogen-bond donors (Lipinski definition) is 3. The molecule has 4 heteroatoms.